The van der Waals surface area contributed by atoms with Crippen LogP contribution in [-0.4, -0.2) is 62.0 Å². The van der Waals surface area contributed by atoms with Crippen molar-refractivity contribution in [3.05, 3.63) is 35.4 Å². The van der Waals surface area contributed by atoms with Crippen molar-refractivity contribution in [3.63, 3.8) is 0 Å². The Kier molecular flexibility index (Phi) is 12.1. The molecule has 1 heterocycles. The summed E-state index contributed by atoms with van der Waals surface area (Å²) >= 11 is 0. The molecule has 31 heavy (non-hydrogen) atoms. The zero-order valence-corrected chi connectivity index (χ0v) is 21.4. The normalized spacial score (nSPS) is 19.5. The van der Waals surface area contributed by atoms with Gasteiger partial charge in [0.1, 0.15) is 0 Å². The van der Waals surface area contributed by atoms with Crippen LogP contribution in [0.15, 0.2) is 29.3 Å². The van der Waals surface area contributed by atoms with Crippen molar-refractivity contribution in [2.75, 3.05) is 46.0 Å². The Morgan fingerprint density at radius 3 is 2.58 bits per heavy atom. The first-order valence-electron chi connectivity index (χ1n) is 11.7. The number of hydrogen-bond acceptors (Lipinski definition) is 4. The van der Waals surface area contributed by atoms with E-state index >= 15 is 0 Å². The van der Waals surface area contributed by atoms with Gasteiger partial charge < -0.3 is 20.5 Å². The molecule has 1 aromatic rings. The number of nitrogens with one attached hydrogen (secondary N) is 2. The Balaban J connectivity index is 0.00000341. The van der Waals surface area contributed by atoms with Gasteiger partial charge in [-0.3, -0.25) is 4.90 Å². The van der Waals surface area contributed by atoms with E-state index < -0.39 is 0 Å². The summed E-state index contributed by atoms with van der Waals surface area (Å²) < 4.78 is 5.45. The highest BCUT2D eigenvalue weighted by Crippen LogP contribution is 2.38. The quantitative estimate of drug-likeness (QED) is 0.252. The van der Waals surface area contributed by atoms with E-state index in [4.69, 9.17) is 9.73 Å². The molecule has 1 saturated carbocycles. The molecule has 0 amide bonds. The number of morpholine rings is 1. The van der Waals surface area contributed by atoms with Gasteiger partial charge in [0, 0.05) is 39.3 Å². The SMILES string of the molecule is CCNC(=NCc1cccc(CN2CCOCC2)c1)NCC1(CCO)CCCCC1.I. The summed E-state index contributed by atoms with van der Waals surface area (Å²) in [5.74, 6) is 0.874. The number of ether oxygens (including phenoxy) is 1. The van der Waals surface area contributed by atoms with Gasteiger partial charge in [-0.05, 0) is 42.7 Å². The molecule has 1 aliphatic heterocycles. The van der Waals surface area contributed by atoms with Crippen molar-refractivity contribution >= 4 is 29.9 Å². The maximum absolute atomic E-state index is 9.56. The van der Waals surface area contributed by atoms with Crippen molar-refractivity contribution in [1.29, 1.82) is 0 Å². The number of rotatable bonds is 9. The molecule has 2 aliphatic rings. The largest absolute Gasteiger partial charge is 0.396 e. The number of aliphatic hydroxyl groups excluding tert-OH is 1. The van der Waals surface area contributed by atoms with E-state index in [1.807, 2.05) is 0 Å². The summed E-state index contributed by atoms with van der Waals surface area (Å²) in [7, 11) is 0. The van der Waals surface area contributed by atoms with Gasteiger partial charge in [-0.1, -0.05) is 43.5 Å². The van der Waals surface area contributed by atoms with Gasteiger partial charge in [0.2, 0.25) is 0 Å². The summed E-state index contributed by atoms with van der Waals surface area (Å²) in [5.41, 5.74) is 2.79. The number of hydrogen-bond donors (Lipinski definition) is 3. The molecule has 1 saturated heterocycles. The van der Waals surface area contributed by atoms with Crippen LogP contribution in [0.2, 0.25) is 0 Å². The smallest absolute Gasteiger partial charge is 0.191 e. The molecule has 0 radical (unpaired) electrons. The van der Waals surface area contributed by atoms with Gasteiger partial charge in [-0.25, -0.2) is 4.99 Å². The third-order valence-corrected chi connectivity index (χ3v) is 6.45. The summed E-state index contributed by atoms with van der Waals surface area (Å²) in [6.45, 7) is 9.42. The lowest BCUT2D eigenvalue weighted by molar-refractivity contribution is 0.0342. The van der Waals surface area contributed by atoms with E-state index in [0.717, 1.165) is 58.3 Å². The maximum atomic E-state index is 9.56. The van der Waals surface area contributed by atoms with E-state index in [9.17, 15) is 5.11 Å². The molecule has 0 unspecified atom stereocenters. The van der Waals surface area contributed by atoms with Crippen molar-refractivity contribution in [3.8, 4) is 0 Å². The highest BCUT2D eigenvalue weighted by molar-refractivity contribution is 14.0. The second-order valence-electron chi connectivity index (χ2n) is 8.79. The van der Waals surface area contributed by atoms with E-state index in [1.165, 1.54) is 43.2 Å². The van der Waals surface area contributed by atoms with Crippen LogP contribution in [0.3, 0.4) is 0 Å². The number of guanidine groups is 1. The molecule has 0 spiro atoms. The highest BCUT2D eigenvalue weighted by Gasteiger charge is 2.31. The van der Waals surface area contributed by atoms with Crippen molar-refractivity contribution < 1.29 is 9.84 Å². The Morgan fingerprint density at radius 2 is 1.87 bits per heavy atom. The predicted molar refractivity (Wildman–Crippen MR) is 138 cm³/mol. The molecule has 2 fully saturated rings. The van der Waals surface area contributed by atoms with Gasteiger partial charge >= 0.3 is 0 Å². The number of aliphatic hydroxyl groups is 1. The van der Waals surface area contributed by atoms with Gasteiger partial charge in [0.05, 0.1) is 19.8 Å². The van der Waals surface area contributed by atoms with Crippen molar-refractivity contribution in [1.82, 2.24) is 15.5 Å². The minimum absolute atomic E-state index is 0. The first kappa shape index (κ1) is 26.4. The second kappa shape index (κ2) is 14.3. The molecule has 3 rings (SSSR count). The third-order valence-electron chi connectivity index (χ3n) is 6.45. The lowest BCUT2D eigenvalue weighted by atomic mass is 9.72. The standard InChI is InChI=1S/C24H40N4O2.HI/c1-2-25-23(27-20-24(11-14-29)9-4-3-5-10-24)26-18-21-7-6-8-22(17-21)19-28-12-15-30-16-13-28;/h6-8,17,29H,2-5,9-16,18-20H2,1H3,(H2,25,26,27);1H. The molecule has 6 nitrogen and oxygen atoms in total. The fourth-order valence-corrected chi connectivity index (χ4v) is 4.68. The van der Waals surface area contributed by atoms with E-state index in [0.29, 0.717) is 6.54 Å². The fourth-order valence-electron chi connectivity index (χ4n) is 4.68. The van der Waals surface area contributed by atoms with E-state index in [2.05, 4.69) is 46.7 Å². The first-order valence-corrected chi connectivity index (χ1v) is 11.7. The van der Waals surface area contributed by atoms with Gasteiger partial charge in [0.25, 0.3) is 0 Å². The van der Waals surface area contributed by atoms with Crippen molar-refractivity contribution in [2.45, 2.75) is 58.5 Å². The maximum Gasteiger partial charge on any atom is 0.191 e. The number of aliphatic imine (C=N–C) groups is 1. The highest BCUT2D eigenvalue weighted by atomic mass is 127. The Morgan fingerprint density at radius 1 is 1.13 bits per heavy atom. The predicted octanol–water partition coefficient (Wildman–Crippen LogP) is 3.52. The monoisotopic (exact) mass is 544 g/mol. The van der Waals surface area contributed by atoms with E-state index in [1.54, 1.807) is 0 Å². The van der Waals surface area contributed by atoms with Crippen LogP contribution in [-0.2, 0) is 17.8 Å². The molecule has 176 valence electrons. The molecule has 0 atom stereocenters. The van der Waals surface area contributed by atoms with Gasteiger partial charge in [0.15, 0.2) is 5.96 Å². The van der Waals surface area contributed by atoms with Crippen molar-refractivity contribution in [2.24, 2.45) is 10.4 Å². The first-order chi connectivity index (χ1) is 14.7. The Bertz CT molecular complexity index is 653. The number of benzene rings is 1. The minimum atomic E-state index is 0. The molecular formula is C24H41IN4O2. The number of nitrogens with zero attached hydrogens (tertiary/aromatic N) is 2. The lowest BCUT2D eigenvalue weighted by Gasteiger charge is -2.37. The van der Waals surface area contributed by atoms with Gasteiger partial charge in [-0.15, -0.1) is 24.0 Å². The summed E-state index contributed by atoms with van der Waals surface area (Å²) in [6, 6.07) is 8.77. The van der Waals surface area contributed by atoms with E-state index in [-0.39, 0.29) is 36.0 Å². The van der Waals surface area contributed by atoms with Crippen LogP contribution in [0.4, 0.5) is 0 Å². The average molecular weight is 545 g/mol. The summed E-state index contributed by atoms with van der Waals surface area (Å²) in [6.07, 6.45) is 7.13. The molecular weight excluding hydrogens is 503 g/mol. The number of halogens is 1. The molecule has 0 aromatic heterocycles. The molecule has 7 heteroatoms. The molecule has 1 aromatic carbocycles. The van der Waals surface area contributed by atoms with Crippen LogP contribution >= 0.6 is 24.0 Å². The topological polar surface area (TPSA) is 69.1 Å². The van der Waals surface area contributed by atoms with Crippen LogP contribution in [0.1, 0.15) is 56.6 Å². The Labute approximate surface area is 205 Å². The lowest BCUT2D eigenvalue weighted by Crippen LogP contribution is -2.44. The molecule has 1 aliphatic carbocycles. The third kappa shape index (κ3) is 8.86. The zero-order valence-electron chi connectivity index (χ0n) is 19.1. The zero-order chi connectivity index (χ0) is 21.1. The van der Waals surface area contributed by atoms with Crippen LogP contribution in [0.25, 0.3) is 0 Å². The molecule has 0 bridgehead atoms. The summed E-state index contributed by atoms with van der Waals surface area (Å²) in [4.78, 5) is 7.29. The average Bonchev–Trinajstić information content (AvgIpc) is 2.78. The molecule has 3 N–H and O–H groups in total. The second-order valence-corrected chi connectivity index (χ2v) is 8.79. The van der Waals surface area contributed by atoms with Crippen LogP contribution in [0.5, 0.6) is 0 Å². The van der Waals surface area contributed by atoms with Gasteiger partial charge in [-0.2, -0.15) is 0 Å². The fraction of sp³-hybridized carbons (Fsp3) is 0.708. The van der Waals surface area contributed by atoms with Crippen LogP contribution in [0, 0.1) is 5.41 Å². The summed E-state index contributed by atoms with van der Waals surface area (Å²) in [5, 5.41) is 16.5. The van der Waals surface area contributed by atoms with Crippen LogP contribution < -0.4 is 10.6 Å². The minimum Gasteiger partial charge on any atom is -0.396 e. The Hall–Kier alpha value is -0.900.